The monoisotopic (exact) mass is 404 g/mol. The molecule has 0 aliphatic carbocycles. The highest BCUT2D eigenvalue weighted by atomic mass is 32.2. The summed E-state index contributed by atoms with van der Waals surface area (Å²) in [6.07, 6.45) is 0. The molecule has 2 rings (SSSR count). The molecule has 146 valence electrons. The van der Waals surface area contributed by atoms with Crippen LogP contribution in [-0.4, -0.2) is 38.9 Å². The van der Waals surface area contributed by atoms with Gasteiger partial charge in [0.05, 0.1) is 21.5 Å². The number of sulfonamides is 1. The molecule has 0 aliphatic rings. The summed E-state index contributed by atoms with van der Waals surface area (Å²) in [7, 11) is -3.94. The van der Waals surface area contributed by atoms with Gasteiger partial charge < -0.3 is 10.1 Å². The predicted molar refractivity (Wildman–Crippen MR) is 97.9 cm³/mol. The van der Waals surface area contributed by atoms with Crippen molar-refractivity contribution in [3.05, 3.63) is 64.2 Å². The fourth-order valence-electron chi connectivity index (χ4n) is 2.06. The van der Waals surface area contributed by atoms with Gasteiger partial charge in [0.2, 0.25) is 10.0 Å². The van der Waals surface area contributed by atoms with Gasteiger partial charge in [-0.3, -0.25) is 14.9 Å². The number of ether oxygens (including phenoxy) is 1. The lowest BCUT2D eigenvalue weighted by Gasteiger charge is -2.09. The van der Waals surface area contributed by atoms with Crippen molar-refractivity contribution < 1.29 is 22.9 Å². The van der Waals surface area contributed by atoms with Gasteiger partial charge in [-0.1, -0.05) is 6.07 Å². The number of non-ortho nitro benzene ring substituents is 1. The van der Waals surface area contributed by atoms with Crippen molar-refractivity contribution in [2.75, 3.05) is 19.7 Å². The molecule has 0 fully saturated rings. The van der Waals surface area contributed by atoms with Crippen LogP contribution in [0.2, 0.25) is 0 Å². The van der Waals surface area contributed by atoms with Crippen molar-refractivity contribution >= 4 is 21.6 Å². The van der Waals surface area contributed by atoms with Gasteiger partial charge in [-0.05, 0) is 30.3 Å². The van der Waals surface area contributed by atoms with Gasteiger partial charge in [-0.15, -0.1) is 0 Å². The molecule has 11 heteroatoms. The van der Waals surface area contributed by atoms with E-state index in [-0.39, 0.29) is 30.3 Å². The van der Waals surface area contributed by atoms with Crippen LogP contribution in [0.15, 0.2) is 53.4 Å². The average Bonchev–Trinajstić information content (AvgIpc) is 2.70. The van der Waals surface area contributed by atoms with Gasteiger partial charge in [0, 0.05) is 25.2 Å². The number of amides is 1. The largest absolute Gasteiger partial charge is 0.484 e. The zero-order valence-corrected chi connectivity index (χ0v) is 15.3. The predicted octanol–water partition coefficient (Wildman–Crippen LogP) is 0.940. The summed E-state index contributed by atoms with van der Waals surface area (Å²) in [5.74, 6) is -0.0422. The molecular weight excluding hydrogens is 388 g/mol. The zero-order valence-electron chi connectivity index (χ0n) is 14.5. The summed E-state index contributed by atoms with van der Waals surface area (Å²) in [5.41, 5.74) is 0.129. The van der Waals surface area contributed by atoms with Crippen LogP contribution in [0.25, 0.3) is 0 Å². The minimum Gasteiger partial charge on any atom is -0.484 e. The molecule has 0 aliphatic heterocycles. The van der Waals surface area contributed by atoms with Crippen molar-refractivity contribution in [2.45, 2.75) is 4.90 Å². The van der Waals surface area contributed by atoms with E-state index in [1.165, 1.54) is 18.2 Å². The fourth-order valence-corrected chi connectivity index (χ4v) is 3.13. The second-order valence-corrected chi connectivity index (χ2v) is 7.19. The Kier molecular flexibility index (Phi) is 7.02. The van der Waals surface area contributed by atoms with Gasteiger partial charge >= 0.3 is 0 Å². The van der Waals surface area contributed by atoms with E-state index in [0.717, 1.165) is 6.07 Å². The van der Waals surface area contributed by atoms with Crippen molar-refractivity contribution in [3.63, 3.8) is 0 Å². The molecule has 0 spiro atoms. The van der Waals surface area contributed by atoms with Crippen LogP contribution >= 0.6 is 0 Å². The molecule has 0 unspecified atom stereocenters. The molecule has 0 radical (unpaired) electrons. The molecule has 0 saturated carbocycles. The summed E-state index contributed by atoms with van der Waals surface area (Å²) < 4.78 is 31.7. The first-order valence-electron chi connectivity index (χ1n) is 7.95. The number of nitro benzene ring substituents is 1. The number of carbonyl (C=O) groups is 1. The number of nitro groups is 1. The van der Waals surface area contributed by atoms with Gasteiger partial charge in [-0.25, -0.2) is 13.1 Å². The summed E-state index contributed by atoms with van der Waals surface area (Å²) in [6, 6.07) is 12.8. The third-order valence-electron chi connectivity index (χ3n) is 3.43. The van der Waals surface area contributed by atoms with Crippen LogP contribution in [0, 0.1) is 21.4 Å². The van der Waals surface area contributed by atoms with Crippen LogP contribution in [0.5, 0.6) is 5.75 Å². The van der Waals surface area contributed by atoms with E-state index in [2.05, 4.69) is 10.0 Å². The maximum Gasteiger partial charge on any atom is 0.270 e. The fraction of sp³-hybridized carbons (Fsp3) is 0.176. The first-order valence-corrected chi connectivity index (χ1v) is 9.44. The van der Waals surface area contributed by atoms with E-state index in [9.17, 15) is 23.3 Å². The smallest absolute Gasteiger partial charge is 0.270 e. The third-order valence-corrected chi connectivity index (χ3v) is 4.89. The van der Waals surface area contributed by atoms with Gasteiger partial charge in [-0.2, -0.15) is 5.26 Å². The van der Waals surface area contributed by atoms with Gasteiger partial charge in [0.25, 0.3) is 11.6 Å². The second-order valence-electron chi connectivity index (χ2n) is 5.43. The Morgan fingerprint density at radius 2 is 1.89 bits per heavy atom. The minimum atomic E-state index is -3.94. The SMILES string of the molecule is N#Cc1ccc(OCC(=O)NCCNS(=O)(=O)c2cccc([N+](=O)[O-])c2)cc1. The first-order chi connectivity index (χ1) is 13.3. The van der Waals surface area contributed by atoms with Crippen molar-refractivity contribution in [1.29, 1.82) is 5.26 Å². The minimum absolute atomic E-state index is 0.00369. The quantitative estimate of drug-likeness (QED) is 0.358. The number of rotatable bonds is 9. The molecular formula is C17H16N4O6S. The van der Waals surface area contributed by atoms with E-state index in [4.69, 9.17) is 10.00 Å². The molecule has 0 heterocycles. The Hall–Kier alpha value is -3.49. The molecule has 2 N–H and O–H groups in total. The molecule has 0 atom stereocenters. The molecule has 0 aromatic heterocycles. The number of nitriles is 1. The number of nitrogens with zero attached hydrogens (tertiary/aromatic N) is 2. The number of nitrogens with one attached hydrogen (secondary N) is 2. The number of hydrogen-bond acceptors (Lipinski definition) is 7. The molecule has 2 aromatic rings. The van der Waals surface area contributed by atoms with Crippen molar-refractivity contribution in [1.82, 2.24) is 10.0 Å². The van der Waals surface area contributed by atoms with E-state index >= 15 is 0 Å². The molecule has 1 amide bonds. The van der Waals surface area contributed by atoms with Crippen LogP contribution in [0.1, 0.15) is 5.56 Å². The van der Waals surface area contributed by atoms with E-state index in [1.54, 1.807) is 24.3 Å². The van der Waals surface area contributed by atoms with E-state index in [0.29, 0.717) is 11.3 Å². The lowest BCUT2D eigenvalue weighted by molar-refractivity contribution is -0.385. The van der Waals surface area contributed by atoms with Gasteiger partial charge in [0.1, 0.15) is 5.75 Å². The lowest BCUT2D eigenvalue weighted by Crippen LogP contribution is -2.36. The molecule has 0 bridgehead atoms. The number of benzene rings is 2. The van der Waals surface area contributed by atoms with Gasteiger partial charge in [0.15, 0.2) is 6.61 Å². The first kappa shape index (κ1) is 20.8. The van der Waals surface area contributed by atoms with E-state index < -0.39 is 20.9 Å². The number of hydrogen-bond donors (Lipinski definition) is 2. The molecule has 10 nitrogen and oxygen atoms in total. The Balaban J connectivity index is 1.76. The highest BCUT2D eigenvalue weighted by molar-refractivity contribution is 7.89. The lowest BCUT2D eigenvalue weighted by atomic mass is 10.2. The van der Waals surface area contributed by atoms with Crippen molar-refractivity contribution in [2.24, 2.45) is 0 Å². The summed E-state index contributed by atoms with van der Waals surface area (Å²) in [5, 5.41) is 21.9. The maximum atomic E-state index is 12.1. The number of carbonyl (C=O) groups excluding carboxylic acids is 1. The molecule has 0 saturated heterocycles. The van der Waals surface area contributed by atoms with Crippen LogP contribution in [0.3, 0.4) is 0 Å². The Labute approximate surface area is 160 Å². The topological polar surface area (TPSA) is 151 Å². The van der Waals surface area contributed by atoms with E-state index in [1.807, 2.05) is 6.07 Å². The highest BCUT2D eigenvalue weighted by Gasteiger charge is 2.17. The Bertz CT molecular complexity index is 999. The second kappa shape index (κ2) is 9.45. The summed E-state index contributed by atoms with van der Waals surface area (Å²) in [6.45, 7) is -0.374. The highest BCUT2D eigenvalue weighted by Crippen LogP contribution is 2.16. The van der Waals surface area contributed by atoms with Crippen LogP contribution in [-0.2, 0) is 14.8 Å². The third kappa shape index (κ3) is 6.04. The zero-order chi connectivity index (χ0) is 20.6. The standard InChI is InChI=1S/C17H16N4O6S/c18-11-13-4-6-15(7-5-13)27-12-17(22)19-8-9-20-28(25,26)16-3-1-2-14(10-16)21(23)24/h1-7,10,20H,8-9,12H2,(H,19,22). The Morgan fingerprint density at radius 3 is 2.54 bits per heavy atom. The summed E-state index contributed by atoms with van der Waals surface area (Å²) >= 11 is 0. The maximum absolute atomic E-state index is 12.1. The van der Waals surface area contributed by atoms with Crippen LogP contribution in [0.4, 0.5) is 5.69 Å². The van der Waals surface area contributed by atoms with Crippen molar-refractivity contribution in [3.8, 4) is 11.8 Å². The average molecular weight is 404 g/mol. The Morgan fingerprint density at radius 1 is 1.18 bits per heavy atom. The summed E-state index contributed by atoms with van der Waals surface area (Å²) in [4.78, 5) is 21.5. The normalized spacial score (nSPS) is 10.7. The molecule has 28 heavy (non-hydrogen) atoms. The molecule has 2 aromatic carbocycles. The van der Waals surface area contributed by atoms with Crippen LogP contribution < -0.4 is 14.8 Å².